The predicted molar refractivity (Wildman–Crippen MR) is 67.6 cm³/mol. The van der Waals surface area contributed by atoms with Gasteiger partial charge in [0.15, 0.2) is 0 Å². The van der Waals surface area contributed by atoms with Gasteiger partial charge in [-0.3, -0.25) is 4.79 Å². The van der Waals surface area contributed by atoms with Crippen LogP contribution >= 0.6 is 0 Å². The second kappa shape index (κ2) is 5.76. The normalized spacial score (nSPS) is 20.0. The summed E-state index contributed by atoms with van der Waals surface area (Å²) in [5.74, 6) is -2.85. The zero-order valence-corrected chi connectivity index (χ0v) is 11.9. The minimum absolute atomic E-state index is 0.0698. The van der Waals surface area contributed by atoms with Crippen LogP contribution in [0, 0.1) is 5.92 Å². The third kappa shape index (κ3) is 3.50. The van der Waals surface area contributed by atoms with Crippen LogP contribution in [0.3, 0.4) is 0 Å². The zero-order valence-electron chi connectivity index (χ0n) is 11.1. The van der Waals surface area contributed by atoms with Gasteiger partial charge >= 0.3 is 12.3 Å². The number of alkyl halides is 3. The predicted octanol–water partition coefficient (Wildman–Crippen LogP) is 1.68. The molecular weight excluding hydrogens is 327 g/mol. The Morgan fingerprint density at radius 2 is 1.95 bits per heavy atom. The quantitative estimate of drug-likeness (QED) is 0.902. The third-order valence-electron chi connectivity index (χ3n) is 3.19. The van der Waals surface area contributed by atoms with E-state index in [1.807, 2.05) is 0 Å². The van der Waals surface area contributed by atoms with Gasteiger partial charge in [-0.05, 0) is 18.6 Å². The largest absolute Gasteiger partial charge is 0.573 e. The second-order valence-electron chi connectivity index (χ2n) is 4.68. The number of nitrogens with zero attached hydrogens (tertiary/aromatic N) is 1. The minimum atomic E-state index is -5.03. The number of halogens is 3. The molecule has 0 aliphatic carbocycles. The van der Waals surface area contributed by atoms with E-state index in [0.717, 1.165) is 16.4 Å². The molecule has 6 nitrogen and oxygen atoms in total. The summed E-state index contributed by atoms with van der Waals surface area (Å²) < 4.78 is 66.4. The van der Waals surface area contributed by atoms with Crippen molar-refractivity contribution < 1.29 is 36.2 Å². The van der Waals surface area contributed by atoms with Gasteiger partial charge in [0.2, 0.25) is 10.0 Å². The van der Waals surface area contributed by atoms with Crippen LogP contribution in [0.5, 0.6) is 5.75 Å². The van der Waals surface area contributed by atoms with E-state index < -0.39 is 38.9 Å². The number of ether oxygens (including phenoxy) is 1. The van der Waals surface area contributed by atoms with Crippen molar-refractivity contribution in [3.63, 3.8) is 0 Å². The second-order valence-corrected chi connectivity index (χ2v) is 6.59. The first kappa shape index (κ1) is 16.6. The Kier molecular flexibility index (Phi) is 4.34. The number of hydrogen-bond donors (Lipinski definition) is 1. The van der Waals surface area contributed by atoms with E-state index in [2.05, 4.69) is 4.74 Å². The molecular formula is C12H12F3NO5S. The highest BCUT2D eigenvalue weighted by atomic mass is 32.2. The van der Waals surface area contributed by atoms with Gasteiger partial charge in [-0.2, -0.15) is 4.31 Å². The van der Waals surface area contributed by atoms with Crippen molar-refractivity contribution in [1.29, 1.82) is 0 Å². The van der Waals surface area contributed by atoms with Crippen LogP contribution < -0.4 is 4.74 Å². The standard InChI is InChI=1S/C12H12F3NO5S/c13-12(14,15)21-9-3-1-2-4-10(9)22(19,20)16-6-5-8(7-16)11(17)18/h1-4,8H,5-7H2,(H,17,18)/t8-/m0/s1. The van der Waals surface area contributed by atoms with Gasteiger partial charge < -0.3 is 9.84 Å². The fourth-order valence-electron chi connectivity index (χ4n) is 2.16. The number of benzene rings is 1. The Balaban J connectivity index is 2.33. The summed E-state index contributed by atoms with van der Waals surface area (Å²) in [5.41, 5.74) is 0. The van der Waals surface area contributed by atoms with Crippen LogP contribution in [0.25, 0.3) is 0 Å². The molecule has 122 valence electrons. The molecule has 1 N–H and O–H groups in total. The Hall–Kier alpha value is -1.81. The average Bonchev–Trinajstić information content (AvgIpc) is 2.87. The lowest BCUT2D eigenvalue weighted by atomic mass is 10.1. The molecule has 1 fully saturated rings. The number of para-hydroxylation sites is 1. The molecule has 0 unspecified atom stereocenters. The molecule has 1 atom stereocenters. The fourth-order valence-corrected chi connectivity index (χ4v) is 3.77. The minimum Gasteiger partial charge on any atom is -0.481 e. The molecule has 0 radical (unpaired) electrons. The summed E-state index contributed by atoms with van der Waals surface area (Å²) >= 11 is 0. The van der Waals surface area contributed by atoms with Crippen molar-refractivity contribution in [3.8, 4) is 5.75 Å². The van der Waals surface area contributed by atoms with Gasteiger partial charge in [-0.25, -0.2) is 8.42 Å². The lowest BCUT2D eigenvalue weighted by molar-refractivity contribution is -0.275. The van der Waals surface area contributed by atoms with Crippen LogP contribution in [-0.4, -0.2) is 43.3 Å². The molecule has 1 saturated heterocycles. The number of carboxylic acid groups (broad SMARTS) is 1. The number of carboxylic acids is 1. The topological polar surface area (TPSA) is 83.9 Å². The summed E-state index contributed by atoms with van der Waals surface area (Å²) in [5, 5.41) is 8.88. The zero-order chi connectivity index (χ0) is 16.5. The number of sulfonamides is 1. The molecule has 1 aromatic rings. The molecule has 1 heterocycles. The SMILES string of the molecule is O=C(O)[C@H]1CCN(S(=O)(=O)c2ccccc2OC(F)(F)F)C1. The van der Waals surface area contributed by atoms with E-state index in [4.69, 9.17) is 5.11 Å². The first-order chi connectivity index (χ1) is 10.1. The lowest BCUT2D eigenvalue weighted by Crippen LogP contribution is -2.31. The number of aliphatic carboxylic acids is 1. The highest BCUT2D eigenvalue weighted by molar-refractivity contribution is 7.89. The molecule has 0 saturated carbocycles. The Morgan fingerprint density at radius 3 is 2.50 bits per heavy atom. The molecule has 0 spiro atoms. The number of rotatable bonds is 4. The van der Waals surface area contributed by atoms with E-state index >= 15 is 0 Å². The Bertz CT molecular complexity index is 674. The van der Waals surface area contributed by atoms with Crippen LogP contribution in [0.15, 0.2) is 29.2 Å². The van der Waals surface area contributed by atoms with Gasteiger partial charge in [-0.1, -0.05) is 12.1 Å². The van der Waals surface area contributed by atoms with Gasteiger partial charge in [0.1, 0.15) is 10.6 Å². The summed E-state index contributed by atoms with van der Waals surface area (Å²) in [4.78, 5) is 10.2. The van der Waals surface area contributed by atoms with E-state index in [9.17, 15) is 26.4 Å². The first-order valence-electron chi connectivity index (χ1n) is 6.19. The van der Waals surface area contributed by atoms with Crippen molar-refractivity contribution in [3.05, 3.63) is 24.3 Å². The van der Waals surface area contributed by atoms with Crippen LogP contribution in [-0.2, 0) is 14.8 Å². The van der Waals surface area contributed by atoms with Crippen molar-refractivity contribution in [2.24, 2.45) is 5.92 Å². The van der Waals surface area contributed by atoms with Gasteiger partial charge in [-0.15, -0.1) is 13.2 Å². The maximum atomic E-state index is 12.4. The molecule has 0 amide bonds. The molecule has 1 aliphatic heterocycles. The van der Waals surface area contributed by atoms with E-state index in [-0.39, 0.29) is 19.5 Å². The maximum Gasteiger partial charge on any atom is 0.573 e. The summed E-state index contributed by atoms with van der Waals surface area (Å²) in [6, 6.07) is 4.36. The van der Waals surface area contributed by atoms with E-state index in [0.29, 0.717) is 0 Å². The summed E-state index contributed by atoms with van der Waals surface area (Å²) in [6.45, 7) is -0.350. The number of carbonyl (C=O) groups is 1. The Morgan fingerprint density at radius 1 is 1.32 bits per heavy atom. The smallest absolute Gasteiger partial charge is 0.481 e. The number of hydrogen-bond acceptors (Lipinski definition) is 4. The average molecular weight is 339 g/mol. The third-order valence-corrected chi connectivity index (χ3v) is 5.10. The maximum absolute atomic E-state index is 12.4. The van der Waals surface area contributed by atoms with Crippen molar-refractivity contribution in [1.82, 2.24) is 4.31 Å². The highest BCUT2D eigenvalue weighted by Gasteiger charge is 2.39. The summed E-state index contributed by atoms with van der Waals surface area (Å²) in [7, 11) is -4.26. The van der Waals surface area contributed by atoms with Gasteiger partial charge in [0.05, 0.1) is 5.92 Å². The Labute approximate surface area is 124 Å². The molecule has 0 bridgehead atoms. The fraction of sp³-hybridized carbons (Fsp3) is 0.417. The van der Waals surface area contributed by atoms with E-state index in [1.54, 1.807) is 0 Å². The molecule has 22 heavy (non-hydrogen) atoms. The van der Waals surface area contributed by atoms with Crippen molar-refractivity contribution in [2.75, 3.05) is 13.1 Å². The monoisotopic (exact) mass is 339 g/mol. The van der Waals surface area contributed by atoms with Crippen molar-refractivity contribution >= 4 is 16.0 Å². The van der Waals surface area contributed by atoms with Crippen LogP contribution in [0.1, 0.15) is 6.42 Å². The van der Waals surface area contributed by atoms with Gasteiger partial charge in [0.25, 0.3) is 0 Å². The molecule has 0 aromatic heterocycles. The van der Waals surface area contributed by atoms with E-state index in [1.165, 1.54) is 12.1 Å². The highest BCUT2D eigenvalue weighted by Crippen LogP contribution is 2.33. The molecule has 2 rings (SSSR count). The van der Waals surface area contributed by atoms with Gasteiger partial charge in [0, 0.05) is 13.1 Å². The lowest BCUT2D eigenvalue weighted by Gasteiger charge is -2.19. The molecule has 1 aromatic carbocycles. The van der Waals surface area contributed by atoms with Crippen molar-refractivity contribution in [2.45, 2.75) is 17.7 Å². The van der Waals surface area contributed by atoms with Crippen LogP contribution in [0.4, 0.5) is 13.2 Å². The van der Waals surface area contributed by atoms with Crippen LogP contribution in [0.2, 0.25) is 0 Å². The summed E-state index contributed by atoms with van der Waals surface area (Å²) in [6.07, 6.45) is -4.92. The molecule has 1 aliphatic rings. The first-order valence-corrected chi connectivity index (χ1v) is 7.63. The molecule has 10 heteroatoms.